The Morgan fingerprint density at radius 2 is 2.29 bits per heavy atom. The number of thiophene rings is 1. The second-order valence-electron chi connectivity index (χ2n) is 3.16. The quantitative estimate of drug-likeness (QED) is 0.838. The Morgan fingerprint density at radius 3 is 3.00 bits per heavy atom. The number of nitrogens with two attached hydrogens (primary N) is 1. The smallest absolute Gasteiger partial charge is 0.119 e. The highest BCUT2D eigenvalue weighted by atomic mass is 32.1. The number of hydrogen-bond acceptors (Lipinski definition) is 3. The van der Waals surface area contributed by atoms with Crippen molar-refractivity contribution in [2.75, 3.05) is 13.7 Å². The van der Waals surface area contributed by atoms with Crippen LogP contribution in [0.25, 0.3) is 10.1 Å². The topological polar surface area (TPSA) is 35.2 Å². The molecule has 0 unspecified atom stereocenters. The fourth-order valence-electron chi connectivity index (χ4n) is 1.54. The number of fused-ring (bicyclic) bond motifs is 1. The van der Waals surface area contributed by atoms with Gasteiger partial charge in [-0.3, -0.25) is 0 Å². The zero-order valence-electron chi connectivity index (χ0n) is 8.12. The first-order chi connectivity index (χ1) is 6.85. The normalized spacial score (nSPS) is 10.7. The molecule has 3 heteroatoms. The maximum absolute atomic E-state index is 5.55. The van der Waals surface area contributed by atoms with Gasteiger partial charge >= 0.3 is 0 Å². The highest BCUT2D eigenvalue weighted by Gasteiger charge is 2.04. The summed E-state index contributed by atoms with van der Waals surface area (Å²) in [5.41, 5.74) is 6.88. The Bertz CT molecular complexity index is 436. The summed E-state index contributed by atoms with van der Waals surface area (Å²) in [6.07, 6.45) is 0.938. The largest absolute Gasteiger partial charge is 0.497 e. The number of benzene rings is 1. The molecule has 1 aromatic heterocycles. The molecule has 74 valence electrons. The molecule has 0 spiro atoms. The lowest BCUT2D eigenvalue weighted by atomic mass is 10.1. The Balaban J connectivity index is 2.52. The van der Waals surface area contributed by atoms with Crippen molar-refractivity contribution >= 4 is 21.4 Å². The minimum Gasteiger partial charge on any atom is -0.497 e. The van der Waals surface area contributed by atoms with Crippen molar-refractivity contribution in [2.24, 2.45) is 5.73 Å². The second-order valence-corrected chi connectivity index (χ2v) is 4.07. The molecular formula is C11H13NOS. The Hall–Kier alpha value is -1.06. The molecule has 0 amide bonds. The average Bonchev–Trinajstić information content (AvgIpc) is 2.61. The Kier molecular flexibility index (Phi) is 2.70. The van der Waals surface area contributed by atoms with Crippen LogP contribution in [0.1, 0.15) is 5.56 Å². The monoisotopic (exact) mass is 207 g/mol. The maximum Gasteiger partial charge on any atom is 0.119 e. The fraction of sp³-hybridized carbons (Fsp3) is 0.273. The first-order valence-corrected chi connectivity index (χ1v) is 5.47. The molecule has 2 N–H and O–H groups in total. The van der Waals surface area contributed by atoms with Crippen molar-refractivity contribution in [3.05, 3.63) is 29.1 Å². The number of hydrogen-bond donors (Lipinski definition) is 1. The third-order valence-electron chi connectivity index (χ3n) is 2.27. The van der Waals surface area contributed by atoms with Crippen LogP contribution in [-0.2, 0) is 6.42 Å². The van der Waals surface area contributed by atoms with Crippen molar-refractivity contribution in [3.63, 3.8) is 0 Å². The first kappa shape index (κ1) is 9.49. The molecule has 2 rings (SSSR count). The highest BCUT2D eigenvalue weighted by molar-refractivity contribution is 7.17. The summed E-state index contributed by atoms with van der Waals surface area (Å²) in [6.45, 7) is 0.697. The molecule has 0 saturated heterocycles. The predicted molar refractivity (Wildman–Crippen MR) is 61.1 cm³/mol. The molecule has 0 bridgehead atoms. The summed E-state index contributed by atoms with van der Waals surface area (Å²) in [4.78, 5) is 0. The van der Waals surface area contributed by atoms with Gasteiger partial charge in [-0.25, -0.2) is 0 Å². The van der Waals surface area contributed by atoms with Gasteiger partial charge in [-0.2, -0.15) is 0 Å². The third kappa shape index (κ3) is 1.61. The van der Waals surface area contributed by atoms with Crippen molar-refractivity contribution in [1.82, 2.24) is 0 Å². The van der Waals surface area contributed by atoms with Crippen LogP contribution in [0.2, 0.25) is 0 Å². The van der Waals surface area contributed by atoms with Crippen LogP contribution in [0.3, 0.4) is 0 Å². The summed E-state index contributed by atoms with van der Waals surface area (Å²) < 4.78 is 6.50. The SMILES string of the molecule is COc1ccc2scc(CCN)c2c1. The van der Waals surface area contributed by atoms with Crippen LogP contribution >= 0.6 is 11.3 Å². The number of methoxy groups -OCH3 is 1. The molecule has 1 heterocycles. The van der Waals surface area contributed by atoms with Crippen LogP contribution in [0, 0.1) is 0 Å². The number of ether oxygens (including phenoxy) is 1. The molecule has 1 aromatic carbocycles. The fourth-order valence-corrected chi connectivity index (χ4v) is 2.51. The molecule has 2 nitrogen and oxygen atoms in total. The van der Waals surface area contributed by atoms with Gasteiger partial charge in [0.15, 0.2) is 0 Å². The molecule has 0 aliphatic rings. The minimum atomic E-state index is 0.697. The van der Waals surface area contributed by atoms with Crippen LogP contribution in [0.5, 0.6) is 5.75 Å². The third-order valence-corrected chi connectivity index (χ3v) is 3.29. The summed E-state index contributed by atoms with van der Waals surface area (Å²) in [5, 5.41) is 3.46. The van der Waals surface area contributed by atoms with E-state index in [0.717, 1.165) is 12.2 Å². The van der Waals surface area contributed by atoms with E-state index in [2.05, 4.69) is 17.5 Å². The molecule has 0 saturated carbocycles. The molecule has 0 aliphatic carbocycles. The van der Waals surface area contributed by atoms with E-state index in [9.17, 15) is 0 Å². The van der Waals surface area contributed by atoms with E-state index in [-0.39, 0.29) is 0 Å². The molecule has 0 radical (unpaired) electrons. The summed E-state index contributed by atoms with van der Waals surface area (Å²) in [5.74, 6) is 0.911. The lowest BCUT2D eigenvalue weighted by molar-refractivity contribution is 0.415. The molecule has 0 fully saturated rings. The van der Waals surface area contributed by atoms with Gasteiger partial charge in [-0.15, -0.1) is 11.3 Å². The first-order valence-electron chi connectivity index (χ1n) is 4.59. The van der Waals surface area contributed by atoms with Gasteiger partial charge in [0.05, 0.1) is 7.11 Å². The van der Waals surface area contributed by atoms with E-state index >= 15 is 0 Å². The zero-order valence-corrected chi connectivity index (χ0v) is 8.93. The van der Waals surface area contributed by atoms with Gasteiger partial charge < -0.3 is 10.5 Å². The van der Waals surface area contributed by atoms with Crippen molar-refractivity contribution in [2.45, 2.75) is 6.42 Å². The lowest BCUT2D eigenvalue weighted by Crippen LogP contribution is -2.01. The Labute approximate surface area is 87.3 Å². The summed E-state index contributed by atoms with van der Waals surface area (Å²) in [6, 6.07) is 6.17. The minimum absolute atomic E-state index is 0.697. The van der Waals surface area contributed by atoms with E-state index in [1.165, 1.54) is 15.6 Å². The van der Waals surface area contributed by atoms with Gasteiger partial charge in [0.1, 0.15) is 5.75 Å². The number of rotatable bonds is 3. The van der Waals surface area contributed by atoms with E-state index < -0.39 is 0 Å². The van der Waals surface area contributed by atoms with E-state index in [1.54, 1.807) is 18.4 Å². The van der Waals surface area contributed by atoms with Crippen molar-refractivity contribution in [3.8, 4) is 5.75 Å². The average molecular weight is 207 g/mol. The summed E-state index contributed by atoms with van der Waals surface area (Å²) >= 11 is 1.76. The summed E-state index contributed by atoms with van der Waals surface area (Å²) in [7, 11) is 1.69. The Morgan fingerprint density at radius 1 is 1.43 bits per heavy atom. The standard InChI is InChI=1S/C11H13NOS/c1-13-9-2-3-11-10(6-9)8(4-5-12)7-14-11/h2-3,6-7H,4-5,12H2,1H3. The van der Waals surface area contributed by atoms with E-state index in [1.807, 2.05) is 6.07 Å². The van der Waals surface area contributed by atoms with Gasteiger partial charge in [0.2, 0.25) is 0 Å². The van der Waals surface area contributed by atoms with Crippen LogP contribution < -0.4 is 10.5 Å². The molecule has 0 atom stereocenters. The van der Waals surface area contributed by atoms with E-state index in [4.69, 9.17) is 10.5 Å². The van der Waals surface area contributed by atoms with Gasteiger partial charge in [0.25, 0.3) is 0 Å². The maximum atomic E-state index is 5.55. The van der Waals surface area contributed by atoms with Crippen LogP contribution in [-0.4, -0.2) is 13.7 Å². The van der Waals surface area contributed by atoms with Crippen molar-refractivity contribution in [1.29, 1.82) is 0 Å². The van der Waals surface area contributed by atoms with Gasteiger partial charge in [-0.1, -0.05) is 0 Å². The zero-order chi connectivity index (χ0) is 9.97. The lowest BCUT2D eigenvalue weighted by Gasteiger charge is -2.00. The predicted octanol–water partition coefficient (Wildman–Crippen LogP) is 2.41. The molecule has 14 heavy (non-hydrogen) atoms. The second kappa shape index (κ2) is 3.98. The van der Waals surface area contributed by atoms with Crippen LogP contribution in [0.15, 0.2) is 23.6 Å². The van der Waals surface area contributed by atoms with Crippen LogP contribution in [0.4, 0.5) is 0 Å². The van der Waals surface area contributed by atoms with Gasteiger partial charge in [-0.05, 0) is 47.5 Å². The highest BCUT2D eigenvalue weighted by Crippen LogP contribution is 2.29. The van der Waals surface area contributed by atoms with E-state index in [0.29, 0.717) is 6.54 Å². The molecular weight excluding hydrogens is 194 g/mol. The van der Waals surface area contributed by atoms with Crippen molar-refractivity contribution < 1.29 is 4.74 Å². The van der Waals surface area contributed by atoms with Gasteiger partial charge in [0, 0.05) is 4.70 Å². The molecule has 2 aromatic rings. The molecule has 0 aliphatic heterocycles.